The van der Waals surface area contributed by atoms with E-state index in [1.54, 1.807) is 0 Å². The van der Waals surface area contributed by atoms with Gasteiger partial charge < -0.3 is 0 Å². The summed E-state index contributed by atoms with van der Waals surface area (Å²) in [4.78, 5) is 5.63. The van der Waals surface area contributed by atoms with Gasteiger partial charge in [-0.15, -0.1) is 0 Å². The minimum absolute atomic E-state index is 0.843. The lowest BCUT2D eigenvalue weighted by molar-refractivity contribution is 1.35. The Balaban J connectivity index is 2.15. The zero-order valence-electron chi connectivity index (χ0n) is 9.26. The molecule has 1 nitrogen and oxygen atoms in total. The summed E-state index contributed by atoms with van der Waals surface area (Å²) < 4.78 is 0. The molecule has 0 spiro atoms. The van der Waals surface area contributed by atoms with Crippen LogP contribution in [0.3, 0.4) is 0 Å². The maximum absolute atomic E-state index is 5.37. The molecule has 0 fully saturated rings. The van der Waals surface area contributed by atoms with E-state index in [0.717, 1.165) is 33.5 Å². The van der Waals surface area contributed by atoms with Crippen molar-refractivity contribution in [1.82, 2.24) is 4.98 Å². The number of pyridine rings is 1. The van der Waals surface area contributed by atoms with Gasteiger partial charge in [0.25, 0.3) is 0 Å². The molecule has 0 aliphatic heterocycles. The van der Waals surface area contributed by atoms with Crippen LogP contribution in [0, 0.1) is 0 Å². The predicted octanol–water partition coefficient (Wildman–Crippen LogP) is 3.95. The van der Waals surface area contributed by atoms with E-state index in [1.807, 2.05) is 36.4 Å². The quantitative estimate of drug-likeness (QED) is 0.697. The number of para-hydroxylation sites is 1. The molecule has 0 bridgehead atoms. The van der Waals surface area contributed by atoms with E-state index in [2.05, 4.69) is 23.2 Å². The summed E-state index contributed by atoms with van der Waals surface area (Å²) in [6, 6.07) is 12.3. The summed E-state index contributed by atoms with van der Waals surface area (Å²) in [6.07, 6.45) is 7.01. The Morgan fingerprint density at radius 2 is 1.94 bits per heavy atom. The first kappa shape index (κ1) is 10.4. The highest BCUT2D eigenvalue weighted by Crippen LogP contribution is 2.22. The van der Waals surface area contributed by atoms with Crippen LogP contribution in [0.4, 0.5) is 0 Å². The molecule has 2 aromatic rings. The third-order valence-electron chi connectivity index (χ3n) is 2.88. The minimum atomic E-state index is 0.843. The van der Waals surface area contributed by atoms with Crippen LogP contribution < -0.4 is 0 Å². The Bertz CT molecular complexity index is 653. The van der Waals surface area contributed by atoms with E-state index in [9.17, 15) is 0 Å². The van der Waals surface area contributed by atoms with Gasteiger partial charge in [-0.3, -0.25) is 0 Å². The molecule has 2 heteroatoms. The Labute approximate surface area is 105 Å². The van der Waals surface area contributed by atoms with Crippen molar-refractivity contribution in [3.8, 4) is 0 Å². The molecule has 1 heterocycles. The van der Waals surface area contributed by atoms with Gasteiger partial charge >= 0.3 is 0 Å². The molecular formula is C15H11NS. The number of rotatable bonds is 1. The van der Waals surface area contributed by atoms with Crippen LogP contribution in [0.1, 0.15) is 12.1 Å². The highest BCUT2D eigenvalue weighted by Gasteiger charge is 2.10. The number of allylic oxidation sites excluding steroid dienone is 4. The predicted molar refractivity (Wildman–Crippen MR) is 76.1 cm³/mol. The first-order valence-electron chi connectivity index (χ1n) is 5.61. The molecule has 1 aliphatic rings. The van der Waals surface area contributed by atoms with Crippen LogP contribution in [0.25, 0.3) is 16.5 Å². The molecule has 0 unspecified atom stereocenters. The lowest BCUT2D eigenvalue weighted by Gasteiger charge is -2.10. The van der Waals surface area contributed by atoms with E-state index in [0.29, 0.717) is 0 Å². The number of hydrogen-bond acceptors (Lipinski definition) is 2. The van der Waals surface area contributed by atoms with Crippen molar-refractivity contribution in [2.75, 3.05) is 0 Å². The van der Waals surface area contributed by atoms with Crippen molar-refractivity contribution in [1.29, 1.82) is 0 Å². The monoisotopic (exact) mass is 237 g/mol. The topological polar surface area (TPSA) is 12.9 Å². The molecule has 17 heavy (non-hydrogen) atoms. The molecule has 1 aliphatic carbocycles. The van der Waals surface area contributed by atoms with Gasteiger partial charge in [0, 0.05) is 22.2 Å². The standard InChI is InChI=1S/C15H11NS/c17-15-8-4-2-6-12(15)14-10-9-11-5-1-3-7-13(11)16-14/h1-7,9-10H,8H2. The van der Waals surface area contributed by atoms with E-state index < -0.39 is 0 Å². The lowest BCUT2D eigenvalue weighted by Crippen LogP contribution is -2.02. The molecular weight excluding hydrogens is 226 g/mol. The average molecular weight is 237 g/mol. The highest BCUT2D eigenvalue weighted by atomic mass is 32.1. The largest absolute Gasteiger partial charge is 0.248 e. The second-order valence-electron chi connectivity index (χ2n) is 4.02. The van der Waals surface area contributed by atoms with Crippen molar-refractivity contribution in [3.63, 3.8) is 0 Å². The number of nitrogens with zero attached hydrogens (tertiary/aromatic N) is 1. The van der Waals surface area contributed by atoms with Crippen LogP contribution >= 0.6 is 12.2 Å². The lowest BCUT2D eigenvalue weighted by atomic mass is 10.0. The van der Waals surface area contributed by atoms with Crippen molar-refractivity contribution in [2.45, 2.75) is 6.42 Å². The first-order chi connectivity index (χ1) is 8.34. The maximum atomic E-state index is 5.37. The highest BCUT2D eigenvalue weighted by molar-refractivity contribution is 7.81. The fourth-order valence-corrected chi connectivity index (χ4v) is 2.26. The molecule has 0 atom stereocenters. The number of aromatic nitrogens is 1. The van der Waals surface area contributed by atoms with Crippen molar-refractivity contribution >= 4 is 33.6 Å². The Kier molecular flexibility index (Phi) is 2.57. The second kappa shape index (κ2) is 4.22. The molecule has 1 aromatic heterocycles. The first-order valence-corrected chi connectivity index (χ1v) is 6.01. The average Bonchev–Trinajstić information content (AvgIpc) is 2.39. The Morgan fingerprint density at radius 1 is 1.06 bits per heavy atom. The zero-order valence-corrected chi connectivity index (χ0v) is 10.1. The molecule has 3 rings (SSSR count). The maximum Gasteiger partial charge on any atom is 0.0721 e. The smallest absolute Gasteiger partial charge is 0.0721 e. The number of hydrogen-bond donors (Lipinski definition) is 0. The van der Waals surface area contributed by atoms with Crippen LogP contribution in [0.5, 0.6) is 0 Å². The Morgan fingerprint density at radius 3 is 2.82 bits per heavy atom. The third kappa shape index (κ3) is 1.92. The Hall–Kier alpha value is -1.80. The van der Waals surface area contributed by atoms with Gasteiger partial charge in [0.1, 0.15) is 0 Å². The van der Waals surface area contributed by atoms with E-state index in [4.69, 9.17) is 12.2 Å². The van der Waals surface area contributed by atoms with Crippen molar-refractivity contribution in [2.24, 2.45) is 0 Å². The summed E-state index contributed by atoms with van der Waals surface area (Å²) in [5, 5.41) is 1.16. The summed E-state index contributed by atoms with van der Waals surface area (Å²) in [5.41, 5.74) is 3.06. The van der Waals surface area contributed by atoms with Crippen LogP contribution in [-0.2, 0) is 0 Å². The summed E-state index contributed by atoms with van der Waals surface area (Å²) >= 11 is 5.37. The minimum Gasteiger partial charge on any atom is -0.248 e. The SMILES string of the molecule is S=C1CC=CC=C1c1ccc2ccccc2n1. The fourth-order valence-electron chi connectivity index (χ4n) is 1.99. The summed E-state index contributed by atoms with van der Waals surface area (Å²) in [5.74, 6) is 0. The van der Waals surface area contributed by atoms with Gasteiger partial charge in [0.05, 0.1) is 11.2 Å². The number of benzene rings is 1. The molecule has 0 saturated heterocycles. The molecule has 1 aromatic carbocycles. The molecule has 0 N–H and O–H groups in total. The van der Waals surface area contributed by atoms with Gasteiger partial charge in [-0.1, -0.05) is 54.7 Å². The van der Waals surface area contributed by atoms with Gasteiger partial charge in [0.2, 0.25) is 0 Å². The molecule has 0 radical (unpaired) electrons. The second-order valence-corrected chi connectivity index (χ2v) is 4.52. The van der Waals surface area contributed by atoms with Crippen LogP contribution in [0.2, 0.25) is 0 Å². The van der Waals surface area contributed by atoms with E-state index in [1.165, 1.54) is 0 Å². The molecule has 0 amide bonds. The molecule has 0 saturated carbocycles. The van der Waals surface area contributed by atoms with Crippen molar-refractivity contribution < 1.29 is 0 Å². The number of thiocarbonyl (C=S) groups is 1. The third-order valence-corrected chi connectivity index (χ3v) is 3.26. The summed E-state index contributed by atoms with van der Waals surface area (Å²) in [7, 11) is 0. The van der Waals surface area contributed by atoms with Gasteiger partial charge in [-0.25, -0.2) is 4.98 Å². The number of fused-ring (bicyclic) bond motifs is 1. The fraction of sp³-hybridized carbons (Fsp3) is 0.0667. The van der Waals surface area contributed by atoms with Crippen LogP contribution in [-0.4, -0.2) is 9.85 Å². The van der Waals surface area contributed by atoms with Gasteiger partial charge in [-0.2, -0.15) is 0 Å². The van der Waals surface area contributed by atoms with Gasteiger partial charge in [-0.05, 0) is 12.1 Å². The molecule has 82 valence electrons. The normalized spacial score (nSPS) is 15.1. The van der Waals surface area contributed by atoms with Crippen LogP contribution in [0.15, 0.2) is 54.6 Å². The van der Waals surface area contributed by atoms with Gasteiger partial charge in [0.15, 0.2) is 0 Å². The van der Waals surface area contributed by atoms with E-state index >= 15 is 0 Å². The zero-order chi connectivity index (χ0) is 11.7. The van der Waals surface area contributed by atoms with E-state index in [-0.39, 0.29) is 0 Å². The van der Waals surface area contributed by atoms with Crippen molar-refractivity contribution in [3.05, 3.63) is 60.3 Å². The summed E-state index contributed by atoms with van der Waals surface area (Å²) in [6.45, 7) is 0.